The second kappa shape index (κ2) is 5.93. The molecule has 3 heteroatoms. The summed E-state index contributed by atoms with van der Waals surface area (Å²) in [6, 6.07) is 11.0. The van der Waals surface area contributed by atoms with Crippen molar-refractivity contribution in [3.63, 3.8) is 0 Å². The number of hydrogen-bond donors (Lipinski definition) is 1. The summed E-state index contributed by atoms with van der Waals surface area (Å²) in [7, 11) is 1.94. The number of nitrogens with one attached hydrogen (secondary N) is 1. The van der Waals surface area contributed by atoms with Crippen molar-refractivity contribution in [3.05, 3.63) is 64.7 Å². The number of aryl methyl sites for hydroxylation is 2. The highest BCUT2D eigenvalue weighted by Crippen LogP contribution is 2.21. The molecule has 0 fully saturated rings. The van der Waals surface area contributed by atoms with E-state index in [1.165, 1.54) is 17.7 Å². The van der Waals surface area contributed by atoms with Crippen LogP contribution in [0.1, 0.15) is 28.6 Å². The number of rotatable bonds is 4. The van der Waals surface area contributed by atoms with Crippen LogP contribution in [0, 0.1) is 19.7 Å². The van der Waals surface area contributed by atoms with E-state index in [1.807, 2.05) is 39.1 Å². The molecule has 2 rings (SSSR count). The van der Waals surface area contributed by atoms with Gasteiger partial charge in [0.1, 0.15) is 5.82 Å². The molecule has 2 nitrogen and oxygen atoms in total. The fourth-order valence-electron chi connectivity index (χ4n) is 2.29. The van der Waals surface area contributed by atoms with Crippen LogP contribution in [0.15, 0.2) is 36.4 Å². The molecule has 0 spiro atoms. The standard InChI is InChI=1S/C16H19FN2/c1-11-4-9-15(12(2)19-11)16(18-3)10-13-5-7-14(17)8-6-13/h4-9,16,18H,10H2,1-3H3. The average molecular weight is 258 g/mol. The Kier molecular flexibility index (Phi) is 4.27. The second-order valence-electron chi connectivity index (χ2n) is 4.80. The Labute approximate surface area is 113 Å². The first-order valence-corrected chi connectivity index (χ1v) is 6.46. The Bertz CT molecular complexity index is 549. The van der Waals surface area contributed by atoms with Gasteiger partial charge in [-0.25, -0.2) is 4.39 Å². The zero-order chi connectivity index (χ0) is 13.8. The van der Waals surface area contributed by atoms with Gasteiger partial charge in [-0.1, -0.05) is 18.2 Å². The zero-order valence-corrected chi connectivity index (χ0v) is 11.6. The predicted molar refractivity (Wildman–Crippen MR) is 75.6 cm³/mol. The first-order valence-electron chi connectivity index (χ1n) is 6.46. The molecule has 1 aromatic carbocycles. The zero-order valence-electron chi connectivity index (χ0n) is 11.6. The van der Waals surface area contributed by atoms with Crippen LogP contribution in [0.2, 0.25) is 0 Å². The Hall–Kier alpha value is -1.74. The van der Waals surface area contributed by atoms with Gasteiger partial charge in [0.2, 0.25) is 0 Å². The van der Waals surface area contributed by atoms with Crippen molar-refractivity contribution in [3.8, 4) is 0 Å². The molecule has 1 aromatic heterocycles. The lowest BCUT2D eigenvalue weighted by Gasteiger charge is -2.18. The fourth-order valence-corrected chi connectivity index (χ4v) is 2.29. The van der Waals surface area contributed by atoms with Gasteiger partial charge in [0.05, 0.1) is 0 Å². The lowest BCUT2D eigenvalue weighted by atomic mass is 9.98. The van der Waals surface area contributed by atoms with Gasteiger partial charge < -0.3 is 5.32 Å². The molecule has 0 aliphatic rings. The highest BCUT2D eigenvalue weighted by molar-refractivity contribution is 5.28. The van der Waals surface area contributed by atoms with Crippen molar-refractivity contribution in [1.82, 2.24) is 10.3 Å². The van der Waals surface area contributed by atoms with E-state index in [1.54, 1.807) is 0 Å². The Morgan fingerprint density at radius 2 is 1.79 bits per heavy atom. The van der Waals surface area contributed by atoms with Crippen molar-refractivity contribution in [1.29, 1.82) is 0 Å². The van der Waals surface area contributed by atoms with E-state index in [0.717, 1.165) is 23.4 Å². The first kappa shape index (κ1) is 13.7. The third kappa shape index (κ3) is 3.38. The van der Waals surface area contributed by atoms with Crippen molar-refractivity contribution in [2.24, 2.45) is 0 Å². The second-order valence-corrected chi connectivity index (χ2v) is 4.80. The highest BCUT2D eigenvalue weighted by atomic mass is 19.1. The Morgan fingerprint density at radius 1 is 1.11 bits per heavy atom. The first-order chi connectivity index (χ1) is 9.10. The van der Waals surface area contributed by atoms with Crippen LogP contribution < -0.4 is 5.32 Å². The van der Waals surface area contributed by atoms with Crippen LogP contribution in [0.25, 0.3) is 0 Å². The maximum atomic E-state index is 12.9. The molecule has 0 radical (unpaired) electrons. The summed E-state index contributed by atoms with van der Waals surface area (Å²) in [4.78, 5) is 4.50. The van der Waals surface area contributed by atoms with Crippen LogP contribution >= 0.6 is 0 Å². The molecule has 0 amide bonds. The third-order valence-electron chi connectivity index (χ3n) is 3.34. The van der Waals surface area contributed by atoms with Gasteiger partial charge in [-0.05, 0) is 56.6 Å². The summed E-state index contributed by atoms with van der Waals surface area (Å²) in [5.74, 6) is -0.196. The number of nitrogens with zero attached hydrogens (tertiary/aromatic N) is 1. The molecule has 0 aliphatic carbocycles. The molecular weight excluding hydrogens is 239 g/mol. The molecule has 0 saturated carbocycles. The van der Waals surface area contributed by atoms with Gasteiger partial charge in [0, 0.05) is 17.4 Å². The number of benzene rings is 1. The van der Waals surface area contributed by atoms with Gasteiger partial charge in [-0.3, -0.25) is 4.98 Å². The van der Waals surface area contributed by atoms with E-state index in [-0.39, 0.29) is 11.9 Å². The van der Waals surface area contributed by atoms with Crippen molar-refractivity contribution < 1.29 is 4.39 Å². The highest BCUT2D eigenvalue weighted by Gasteiger charge is 2.13. The number of likely N-dealkylation sites (N-methyl/N-ethyl adjacent to an activating group) is 1. The minimum Gasteiger partial charge on any atom is -0.313 e. The fraction of sp³-hybridized carbons (Fsp3) is 0.312. The molecule has 1 unspecified atom stereocenters. The minimum atomic E-state index is -0.196. The molecule has 0 saturated heterocycles. The molecule has 0 aliphatic heterocycles. The molecule has 19 heavy (non-hydrogen) atoms. The van der Waals surface area contributed by atoms with Crippen LogP contribution in [0.3, 0.4) is 0 Å². The van der Waals surface area contributed by atoms with Gasteiger partial charge >= 0.3 is 0 Å². The number of aromatic nitrogens is 1. The summed E-state index contributed by atoms with van der Waals surface area (Å²) < 4.78 is 12.9. The summed E-state index contributed by atoms with van der Waals surface area (Å²) in [6.07, 6.45) is 0.822. The van der Waals surface area contributed by atoms with E-state index >= 15 is 0 Å². The van der Waals surface area contributed by atoms with E-state index in [0.29, 0.717) is 0 Å². The van der Waals surface area contributed by atoms with Gasteiger partial charge in [-0.15, -0.1) is 0 Å². The van der Waals surface area contributed by atoms with Crippen molar-refractivity contribution in [2.75, 3.05) is 7.05 Å². The largest absolute Gasteiger partial charge is 0.313 e. The number of halogens is 1. The summed E-state index contributed by atoms with van der Waals surface area (Å²) in [5, 5.41) is 3.31. The average Bonchev–Trinajstić information content (AvgIpc) is 2.39. The lowest BCUT2D eigenvalue weighted by molar-refractivity contribution is 0.583. The number of hydrogen-bond acceptors (Lipinski definition) is 2. The van der Waals surface area contributed by atoms with E-state index in [2.05, 4.69) is 16.4 Å². The van der Waals surface area contributed by atoms with Crippen LogP contribution in [0.5, 0.6) is 0 Å². The molecular formula is C16H19FN2. The van der Waals surface area contributed by atoms with E-state index < -0.39 is 0 Å². The van der Waals surface area contributed by atoms with Crippen molar-refractivity contribution >= 4 is 0 Å². The molecule has 1 atom stereocenters. The lowest BCUT2D eigenvalue weighted by Crippen LogP contribution is -2.20. The van der Waals surface area contributed by atoms with Gasteiger partial charge in [0.15, 0.2) is 0 Å². The molecule has 0 bridgehead atoms. The molecule has 1 N–H and O–H groups in total. The number of pyridine rings is 1. The maximum absolute atomic E-state index is 12.9. The maximum Gasteiger partial charge on any atom is 0.123 e. The molecule has 2 aromatic rings. The van der Waals surface area contributed by atoms with Crippen molar-refractivity contribution in [2.45, 2.75) is 26.3 Å². The minimum absolute atomic E-state index is 0.193. The SMILES string of the molecule is CNC(Cc1ccc(F)cc1)c1ccc(C)nc1C. The third-order valence-corrected chi connectivity index (χ3v) is 3.34. The summed E-state index contributed by atoms with van der Waals surface area (Å²) in [5.41, 5.74) is 4.37. The van der Waals surface area contributed by atoms with Crippen LogP contribution in [-0.4, -0.2) is 12.0 Å². The Balaban J connectivity index is 2.22. The molecule has 100 valence electrons. The smallest absolute Gasteiger partial charge is 0.123 e. The summed E-state index contributed by atoms with van der Waals surface area (Å²) in [6.45, 7) is 4.02. The quantitative estimate of drug-likeness (QED) is 0.909. The predicted octanol–water partition coefficient (Wildman–Crippen LogP) is 3.34. The van der Waals surface area contributed by atoms with Crippen LogP contribution in [-0.2, 0) is 6.42 Å². The monoisotopic (exact) mass is 258 g/mol. The topological polar surface area (TPSA) is 24.9 Å². The van der Waals surface area contributed by atoms with Gasteiger partial charge in [0.25, 0.3) is 0 Å². The van der Waals surface area contributed by atoms with Gasteiger partial charge in [-0.2, -0.15) is 0 Å². The van der Waals surface area contributed by atoms with E-state index in [4.69, 9.17) is 0 Å². The van der Waals surface area contributed by atoms with E-state index in [9.17, 15) is 4.39 Å². The normalized spacial score (nSPS) is 12.4. The molecule has 1 heterocycles. The Morgan fingerprint density at radius 3 is 2.37 bits per heavy atom. The summed E-state index contributed by atoms with van der Waals surface area (Å²) >= 11 is 0. The van der Waals surface area contributed by atoms with Crippen LogP contribution in [0.4, 0.5) is 4.39 Å².